The van der Waals surface area contributed by atoms with Gasteiger partial charge in [-0.2, -0.15) is 10.2 Å². The monoisotopic (exact) mass is 431 g/mol. The number of nitrogens with zero attached hydrogens (tertiary/aromatic N) is 5. The van der Waals surface area contributed by atoms with Crippen LogP contribution in [0, 0.1) is 11.6 Å². The fourth-order valence-corrected chi connectivity index (χ4v) is 3.63. The molecule has 1 N–H and O–H groups in total. The highest BCUT2D eigenvalue weighted by Crippen LogP contribution is 2.36. The smallest absolute Gasteiger partial charge is 0.274 e. The largest absolute Gasteiger partial charge is 0.381 e. The lowest BCUT2D eigenvalue weighted by Crippen LogP contribution is -2.44. The average Bonchev–Trinajstić information content (AvgIpc) is 3.22. The molecule has 30 heavy (non-hydrogen) atoms. The molecule has 2 atom stereocenters. The minimum absolute atomic E-state index is 0.290. The Bertz CT molecular complexity index is 1280. The molecule has 10 heteroatoms. The van der Waals surface area contributed by atoms with Gasteiger partial charge in [0.15, 0.2) is 0 Å². The van der Waals surface area contributed by atoms with Gasteiger partial charge >= 0.3 is 0 Å². The van der Waals surface area contributed by atoms with E-state index in [1.54, 1.807) is 18.2 Å². The SMILES string of the molecule is C[C@@H](n1ncc2cc(Cl)ccc2c1=O)[C@](O)(Cn1cncn1)c1cc(F)ccc1F. The van der Waals surface area contributed by atoms with E-state index in [0.717, 1.165) is 22.9 Å². The first-order valence-corrected chi connectivity index (χ1v) is 9.35. The van der Waals surface area contributed by atoms with Gasteiger partial charge in [0.1, 0.15) is 29.9 Å². The normalized spacial score (nSPS) is 14.6. The Morgan fingerprint density at radius 3 is 2.73 bits per heavy atom. The number of hydrogen-bond donors (Lipinski definition) is 1. The molecule has 0 saturated heterocycles. The Hall–Kier alpha value is -3.17. The number of benzene rings is 2. The summed E-state index contributed by atoms with van der Waals surface area (Å²) in [6.07, 6.45) is 4.00. The number of fused-ring (bicyclic) bond motifs is 1. The molecule has 2 aromatic heterocycles. The Balaban J connectivity index is 1.90. The number of aliphatic hydroxyl groups is 1. The van der Waals surface area contributed by atoms with Crippen LogP contribution in [0.2, 0.25) is 5.02 Å². The van der Waals surface area contributed by atoms with E-state index < -0.39 is 28.8 Å². The van der Waals surface area contributed by atoms with Gasteiger partial charge in [-0.1, -0.05) is 11.6 Å². The molecule has 0 amide bonds. The molecule has 2 heterocycles. The van der Waals surface area contributed by atoms with Gasteiger partial charge in [0, 0.05) is 16.0 Å². The first-order chi connectivity index (χ1) is 14.3. The zero-order valence-electron chi connectivity index (χ0n) is 15.7. The van der Waals surface area contributed by atoms with E-state index in [1.165, 1.54) is 30.5 Å². The van der Waals surface area contributed by atoms with Crippen LogP contribution in [-0.2, 0) is 12.1 Å². The summed E-state index contributed by atoms with van der Waals surface area (Å²) in [4.78, 5) is 16.9. The van der Waals surface area contributed by atoms with Gasteiger partial charge in [-0.25, -0.2) is 23.1 Å². The minimum atomic E-state index is -2.07. The third-order valence-corrected chi connectivity index (χ3v) is 5.33. The molecule has 0 spiro atoms. The highest BCUT2D eigenvalue weighted by molar-refractivity contribution is 6.31. The molecule has 0 bridgehead atoms. The van der Waals surface area contributed by atoms with Crippen LogP contribution < -0.4 is 5.56 Å². The Morgan fingerprint density at radius 1 is 1.20 bits per heavy atom. The van der Waals surface area contributed by atoms with Gasteiger partial charge in [0.2, 0.25) is 0 Å². The van der Waals surface area contributed by atoms with Gasteiger partial charge in [-0.3, -0.25) is 4.79 Å². The van der Waals surface area contributed by atoms with Crippen molar-refractivity contribution < 1.29 is 13.9 Å². The van der Waals surface area contributed by atoms with Crippen molar-refractivity contribution in [1.29, 1.82) is 0 Å². The highest BCUT2D eigenvalue weighted by Gasteiger charge is 2.41. The zero-order valence-corrected chi connectivity index (χ0v) is 16.5. The topological polar surface area (TPSA) is 85.8 Å². The molecule has 7 nitrogen and oxygen atoms in total. The molecule has 154 valence electrons. The highest BCUT2D eigenvalue weighted by atomic mass is 35.5. The summed E-state index contributed by atoms with van der Waals surface area (Å²) in [5, 5.41) is 21.0. The lowest BCUT2D eigenvalue weighted by molar-refractivity contribution is -0.0384. The Labute approximate surface area is 174 Å². The maximum absolute atomic E-state index is 14.7. The van der Waals surface area contributed by atoms with Gasteiger partial charge in [0.05, 0.1) is 24.2 Å². The first kappa shape index (κ1) is 20.1. The van der Waals surface area contributed by atoms with E-state index in [0.29, 0.717) is 15.8 Å². The molecule has 2 aromatic carbocycles. The third kappa shape index (κ3) is 3.46. The second kappa shape index (κ2) is 7.58. The molecule has 0 radical (unpaired) electrons. The zero-order chi connectivity index (χ0) is 21.5. The van der Waals surface area contributed by atoms with Gasteiger partial charge in [-0.15, -0.1) is 0 Å². The van der Waals surface area contributed by atoms with Crippen molar-refractivity contribution in [3.8, 4) is 0 Å². The number of hydrogen-bond acceptors (Lipinski definition) is 5. The molecule has 0 aliphatic rings. The predicted molar refractivity (Wildman–Crippen MR) is 106 cm³/mol. The van der Waals surface area contributed by atoms with Crippen molar-refractivity contribution in [2.75, 3.05) is 0 Å². The second-order valence-electron chi connectivity index (χ2n) is 6.94. The first-order valence-electron chi connectivity index (χ1n) is 8.97. The van der Waals surface area contributed by atoms with Crippen molar-refractivity contribution in [3.63, 3.8) is 0 Å². The van der Waals surface area contributed by atoms with Crippen molar-refractivity contribution in [2.45, 2.75) is 25.1 Å². The Kier molecular flexibility index (Phi) is 5.08. The van der Waals surface area contributed by atoms with E-state index in [9.17, 15) is 18.7 Å². The fourth-order valence-electron chi connectivity index (χ4n) is 3.45. The van der Waals surface area contributed by atoms with E-state index in [1.807, 2.05) is 0 Å². The Morgan fingerprint density at radius 2 is 2.00 bits per heavy atom. The van der Waals surface area contributed by atoms with Crippen LogP contribution in [0.5, 0.6) is 0 Å². The van der Waals surface area contributed by atoms with Gasteiger partial charge in [0.25, 0.3) is 5.56 Å². The van der Waals surface area contributed by atoms with Crippen LogP contribution in [0.15, 0.2) is 60.0 Å². The summed E-state index contributed by atoms with van der Waals surface area (Å²) in [7, 11) is 0. The van der Waals surface area contributed by atoms with Crippen LogP contribution in [0.4, 0.5) is 8.78 Å². The molecule has 0 unspecified atom stereocenters. The van der Waals surface area contributed by atoms with Crippen molar-refractivity contribution in [3.05, 3.63) is 87.8 Å². The number of halogens is 3. The molecular formula is C20H16ClF2N5O2. The molecular weight excluding hydrogens is 416 g/mol. The lowest BCUT2D eigenvalue weighted by atomic mass is 9.86. The minimum Gasteiger partial charge on any atom is -0.381 e. The van der Waals surface area contributed by atoms with Crippen molar-refractivity contribution in [1.82, 2.24) is 24.5 Å². The average molecular weight is 432 g/mol. The molecule has 4 rings (SSSR count). The van der Waals surface area contributed by atoms with Crippen molar-refractivity contribution in [2.24, 2.45) is 0 Å². The lowest BCUT2D eigenvalue weighted by Gasteiger charge is -2.35. The quantitative estimate of drug-likeness (QED) is 0.525. The van der Waals surface area contributed by atoms with E-state index >= 15 is 0 Å². The van der Waals surface area contributed by atoms with Crippen molar-refractivity contribution >= 4 is 22.4 Å². The van der Waals surface area contributed by atoms with Gasteiger partial charge < -0.3 is 5.11 Å². The van der Waals surface area contributed by atoms with Crippen LogP contribution in [0.1, 0.15) is 18.5 Å². The van der Waals surface area contributed by atoms with Crippen LogP contribution in [-0.4, -0.2) is 29.7 Å². The summed E-state index contributed by atoms with van der Waals surface area (Å²) >= 11 is 5.97. The third-order valence-electron chi connectivity index (χ3n) is 5.10. The van der Waals surface area contributed by atoms with Gasteiger partial charge in [-0.05, 0) is 43.3 Å². The standard InChI is InChI=1S/C20H16ClF2N5O2/c1-12(28-19(29)16-4-2-14(21)6-13(16)8-25-28)20(30,9-27-11-24-10-26-27)17-7-15(22)3-5-18(17)23/h2-8,10-12,30H,9H2,1H3/t12-,20-/m1/s1. The fraction of sp³-hybridized carbons (Fsp3) is 0.200. The summed E-state index contributed by atoms with van der Waals surface area (Å²) < 4.78 is 30.9. The molecule has 0 aliphatic heterocycles. The molecule has 0 fully saturated rings. The van der Waals surface area contributed by atoms with Crippen LogP contribution in [0.3, 0.4) is 0 Å². The number of aromatic nitrogens is 5. The summed E-state index contributed by atoms with van der Waals surface area (Å²) in [6.45, 7) is 1.21. The maximum atomic E-state index is 14.7. The van der Waals surface area contributed by atoms with E-state index in [-0.39, 0.29) is 12.1 Å². The maximum Gasteiger partial charge on any atom is 0.274 e. The second-order valence-corrected chi connectivity index (χ2v) is 7.38. The molecule has 4 aromatic rings. The molecule has 0 aliphatic carbocycles. The van der Waals surface area contributed by atoms with E-state index in [2.05, 4.69) is 15.2 Å². The van der Waals surface area contributed by atoms with Crippen LogP contribution >= 0.6 is 11.6 Å². The number of rotatable bonds is 5. The molecule has 0 saturated carbocycles. The summed E-state index contributed by atoms with van der Waals surface area (Å²) in [6, 6.07) is 6.37. The summed E-state index contributed by atoms with van der Waals surface area (Å²) in [5.41, 5.74) is -2.91. The van der Waals surface area contributed by atoms with Crippen LogP contribution in [0.25, 0.3) is 10.8 Å². The van der Waals surface area contributed by atoms with E-state index in [4.69, 9.17) is 11.6 Å². The predicted octanol–water partition coefficient (Wildman–Crippen LogP) is 3.07. The summed E-state index contributed by atoms with van der Waals surface area (Å²) in [5.74, 6) is -1.56.